The van der Waals surface area contributed by atoms with Gasteiger partial charge in [-0.15, -0.1) is 0 Å². The van der Waals surface area contributed by atoms with Gasteiger partial charge in [0.2, 0.25) is 5.89 Å². The van der Waals surface area contributed by atoms with E-state index in [0.29, 0.717) is 17.9 Å². The molecule has 4 heteroatoms. The second-order valence-electron chi connectivity index (χ2n) is 5.64. The summed E-state index contributed by atoms with van der Waals surface area (Å²) in [6, 6.07) is 19.3. The van der Waals surface area contributed by atoms with Crippen LogP contribution in [0, 0.1) is 18.3 Å². The predicted octanol–water partition coefficient (Wildman–Crippen LogP) is 4.86. The van der Waals surface area contributed by atoms with Gasteiger partial charge in [0.25, 0.3) is 0 Å². The van der Waals surface area contributed by atoms with E-state index in [4.69, 9.17) is 14.1 Å². The van der Waals surface area contributed by atoms with E-state index in [0.717, 1.165) is 33.7 Å². The minimum Gasteiger partial charge on any atom is -0.461 e. The van der Waals surface area contributed by atoms with Crippen molar-refractivity contribution in [3.63, 3.8) is 0 Å². The zero-order valence-electron chi connectivity index (χ0n) is 13.1. The van der Waals surface area contributed by atoms with Gasteiger partial charge in [0.15, 0.2) is 0 Å². The zero-order valence-corrected chi connectivity index (χ0v) is 13.1. The third kappa shape index (κ3) is 2.57. The summed E-state index contributed by atoms with van der Waals surface area (Å²) in [7, 11) is 0. The molecular formula is C20H14N2O2. The maximum atomic E-state index is 8.98. The lowest BCUT2D eigenvalue weighted by molar-refractivity contribution is 0.533. The molecule has 0 saturated heterocycles. The number of hydrogen-bond donors (Lipinski definition) is 0. The molecule has 24 heavy (non-hydrogen) atoms. The van der Waals surface area contributed by atoms with Crippen molar-refractivity contribution in [2.45, 2.75) is 13.3 Å². The van der Waals surface area contributed by atoms with Crippen molar-refractivity contribution < 1.29 is 8.83 Å². The van der Waals surface area contributed by atoms with E-state index in [9.17, 15) is 0 Å². The van der Waals surface area contributed by atoms with Crippen LogP contribution in [0.25, 0.3) is 22.4 Å². The minimum absolute atomic E-state index is 0.554. The maximum absolute atomic E-state index is 8.98. The van der Waals surface area contributed by atoms with Crippen LogP contribution in [-0.2, 0) is 6.42 Å². The number of furan rings is 1. The molecule has 116 valence electrons. The molecule has 0 atom stereocenters. The Morgan fingerprint density at radius 3 is 2.67 bits per heavy atom. The van der Waals surface area contributed by atoms with Gasteiger partial charge in [0, 0.05) is 10.9 Å². The molecule has 4 nitrogen and oxygen atoms in total. The molecule has 4 rings (SSSR count). The van der Waals surface area contributed by atoms with Gasteiger partial charge in [-0.3, -0.25) is 0 Å². The molecule has 4 aromatic rings. The molecule has 0 spiro atoms. The lowest BCUT2D eigenvalue weighted by Crippen LogP contribution is -1.88. The van der Waals surface area contributed by atoms with Crippen LogP contribution in [0.15, 0.2) is 63.4 Å². The topological polar surface area (TPSA) is 63.0 Å². The first-order valence-corrected chi connectivity index (χ1v) is 7.67. The highest BCUT2D eigenvalue weighted by Crippen LogP contribution is 2.26. The number of nitrogens with zero attached hydrogens (tertiary/aromatic N) is 2. The van der Waals surface area contributed by atoms with E-state index in [1.54, 1.807) is 6.07 Å². The largest absolute Gasteiger partial charge is 0.461 e. The van der Waals surface area contributed by atoms with Crippen LogP contribution >= 0.6 is 0 Å². The highest BCUT2D eigenvalue weighted by atomic mass is 16.4. The Bertz CT molecular complexity index is 1050. The predicted molar refractivity (Wildman–Crippen MR) is 90.4 cm³/mol. The van der Waals surface area contributed by atoms with Gasteiger partial charge >= 0.3 is 0 Å². The van der Waals surface area contributed by atoms with Crippen molar-refractivity contribution in [2.75, 3.05) is 0 Å². The molecule has 0 amide bonds. The van der Waals surface area contributed by atoms with Crippen molar-refractivity contribution in [1.82, 2.24) is 4.98 Å². The highest BCUT2D eigenvalue weighted by molar-refractivity contribution is 5.79. The summed E-state index contributed by atoms with van der Waals surface area (Å²) in [5.41, 5.74) is 3.20. The maximum Gasteiger partial charge on any atom is 0.226 e. The van der Waals surface area contributed by atoms with Gasteiger partial charge in [0.05, 0.1) is 23.7 Å². The van der Waals surface area contributed by atoms with E-state index in [1.165, 1.54) is 0 Å². The van der Waals surface area contributed by atoms with Gasteiger partial charge in [-0.25, -0.2) is 4.98 Å². The molecule has 0 bridgehead atoms. The fourth-order valence-electron chi connectivity index (χ4n) is 2.72. The molecule has 2 aromatic heterocycles. The Balaban J connectivity index is 1.66. The number of aryl methyl sites for hydroxylation is 1. The minimum atomic E-state index is 0.554. The first-order chi connectivity index (χ1) is 11.7. The van der Waals surface area contributed by atoms with E-state index in [-0.39, 0.29) is 0 Å². The van der Waals surface area contributed by atoms with Crippen molar-refractivity contribution in [3.8, 4) is 17.5 Å². The molecule has 2 aromatic carbocycles. The number of benzene rings is 2. The van der Waals surface area contributed by atoms with Crippen LogP contribution in [0.5, 0.6) is 0 Å². The highest BCUT2D eigenvalue weighted by Gasteiger charge is 2.14. The van der Waals surface area contributed by atoms with Crippen molar-refractivity contribution in [2.24, 2.45) is 0 Å². The first kappa shape index (κ1) is 14.3. The average Bonchev–Trinajstić information content (AvgIpc) is 3.18. The molecule has 0 aliphatic rings. The Hall–Kier alpha value is -3.32. The SMILES string of the molecule is Cc1oc(-c2ccccc2)nc1Cc1cc2cc(C#N)ccc2o1. The Labute approximate surface area is 139 Å². The summed E-state index contributed by atoms with van der Waals surface area (Å²) in [5, 5.41) is 9.91. The van der Waals surface area contributed by atoms with Gasteiger partial charge in [-0.05, 0) is 43.3 Å². The molecule has 0 aliphatic heterocycles. The lowest BCUT2D eigenvalue weighted by Gasteiger charge is -1.93. The molecule has 0 saturated carbocycles. The van der Waals surface area contributed by atoms with Crippen molar-refractivity contribution in [3.05, 3.63) is 77.4 Å². The summed E-state index contributed by atoms with van der Waals surface area (Å²) in [6.45, 7) is 1.91. The number of nitriles is 1. The molecule has 0 N–H and O–H groups in total. The molecule has 0 unspecified atom stereocenters. The summed E-state index contributed by atoms with van der Waals surface area (Å²) in [5.74, 6) is 2.20. The van der Waals surface area contributed by atoms with E-state index >= 15 is 0 Å². The van der Waals surface area contributed by atoms with Crippen LogP contribution in [0.2, 0.25) is 0 Å². The quantitative estimate of drug-likeness (QED) is 0.542. The summed E-state index contributed by atoms with van der Waals surface area (Å²) < 4.78 is 11.6. The Kier molecular flexibility index (Phi) is 3.40. The number of hydrogen-bond acceptors (Lipinski definition) is 4. The lowest BCUT2D eigenvalue weighted by atomic mass is 10.1. The molecule has 2 heterocycles. The van der Waals surface area contributed by atoms with Gasteiger partial charge < -0.3 is 8.83 Å². The third-order valence-electron chi connectivity index (χ3n) is 3.95. The van der Waals surface area contributed by atoms with E-state index in [2.05, 4.69) is 11.1 Å². The van der Waals surface area contributed by atoms with Crippen LogP contribution in [0.1, 0.15) is 22.8 Å². The van der Waals surface area contributed by atoms with Crippen LogP contribution in [0.4, 0.5) is 0 Å². The summed E-state index contributed by atoms with van der Waals surface area (Å²) in [4.78, 5) is 4.60. The second-order valence-corrected chi connectivity index (χ2v) is 5.64. The number of rotatable bonds is 3. The molecular weight excluding hydrogens is 300 g/mol. The number of aromatic nitrogens is 1. The molecule has 0 radical (unpaired) electrons. The van der Waals surface area contributed by atoms with Crippen LogP contribution in [0.3, 0.4) is 0 Å². The number of fused-ring (bicyclic) bond motifs is 1. The van der Waals surface area contributed by atoms with Gasteiger partial charge in [-0.2, -0.15) is 5.26 Å². The Morgan fingerprint density at radius 1 is 1.04 bits per heavy atom. The normalized spacial score (nSPS) is 10.8. The van der Waals surface area contributed by atoms with Crippen molar-refractivity contribution in [1.29, 1.82) is 5.26 Å². The fourth-order valence-corrected chi connectivity index (χ4v) is 2.72. The van der Waals surface area contributed by atoms with Gasteiger partial charge in [-0.1, -0.05) is 18.2 Å². The van der Waals surface area contributed by atoms with Crippen LogP contribution < -0.4 is 0 Å². The zero-order chi connectivity index (χ0) is 16.5. The molecule has 0 fully saturated rings. The fraction of sp³-hybridized carbons (Fsp3) is 0.100. The monoisotopic (exact) mass is 314 g/mol. The van der Waals surface area contributed by atoms with E-state index in [1.807, 2.05) is 55.5 Å². The summed E-state index contributed by atoms with van der Waals surface area (Å²) >= 11 is 0. The standard InChI is InChI=1S/C20H14N2O2/c1-13-18(22-20(23-13)15-5-3-2-4-6-15)11-17-10-16-9-14(12-21)7-8-19(16)24-17/h2-10H,11H2,1H3. The number of oxazole rings is 1. The smallest absolute Gasteiger partial charge is 0.226 e. The van der Waals surface area contributed by atoms with Gasteiger partial charge in [0.1, 0.15) is 17.1 Å². The third-order valence-corrected chi connectivity index (χ3v) is 3.95. The summed E-state index contributed by atoms with van der Waals surface area (Å²) in [6.07, 6.45) is 0.554. The molecule has 0 aliphatic carbocycles. The Morgan fingerprint density at radius 2 is 1.88 bits per heavy atom. The average molecular weight is 314 g/mol. The van der Waals surface area contributed by atoms with Crippen molar-refractivity contribution >= 4 is 11.0 Å². The first-order valence-electron chi connectivity index (χ1n) is 7.67. The second kappa shape index (κ2) is 5.71. The van der Waals surface area contributed by atoms with Crippen LogP contribution in [-0.4, -0.2) is 4.98 Å². The van der Waals surface area contributed by atoms with E-state index < -0.39 is 0 Å².